The number of hydrogen-bond donors (Lipinski definition) is 1. The van der Waals surface area contributed by atoms with E-state index in [1.165, 1.54) is 62.7 Å². The standard InChI is InChI=1S/C17H26N2/c1-2-13-6-3-4-8-16(13)19-11-5-7-14-9-10-15(18)12-17(14)19/h9-10,12-13,16H,2-8,11,18H2,1H3. The van der Waals surface area contributed by atoms with E-state index < -0.39 is 0 Å². The number of nitrogen functional groups attached to an aromatic ring is 1. The molecule has 2 unspecified atom stereocenters. The molecule has 0 bridgehead atoms. The molecule has 1 saturated carbocycles. The number of nitrogens with zero attached hydrogens (tertiary/aromatic N) is 1. The number of anilines is 2. The van der Waals surface area contributed by atoms with Crippen molar-refractivity contribution in [2.24, 2.45) is 5.92 Å². The van der Waals surface area contributed by atoms with Crippen molar-refractivity contribution >= 4 is 11.4 Å². The second-order valence-corrected chi connectivity index (χ2v) is 6.21. The number of rotatable bonds is 2. The van der Waals surface area contributed by atoms with Gasteiger partial charge in [-0.25, -0.2) is 0 Å². The molecule has 0 aromatic heterocycles. The Morgan fingerprint density at radius 3 is 2.89 bits per heavy atom. The second kappa shape index (κ2) is 5.44. The van der Waals surface area contributed by atoms with Gasteiger partial charge < -0.3 is 10.6 Å². The first-order chi connectivity index (χ1) is 9.29. The van der Waals surface area contributed by atoms with Gasteiger partial charge in [0.1, 0.15) is 0 Å². The maximum absolute atomic E-state index is 6.01. The average molecular weight is 258 g/mol. The number of fused-ring (bicyclic) bond motifs is 1. The van der Waals surface area contributed by atoms with Crippen LogP contribution >= 0.6 is 0 Å². The highest BCUT2D eigenvalue weighted by molar-refractivity contribution is 5.63. The maximum Gasteiger partial charge on any atom is 0.0422 e. The van der Waals surface area contributed by atoms with E-state index in [0.29, 0.717) is 0 Å². The van der Waals surface area contributed by atoms with Crippen molar-refractivity contribution in [3.63, 3.8) is 0 Å². The van der Waals surface area contributed by atoms with Crippen LogP contribution in [0.4, 0.5) is 11.4 Å². The summed E-state index contributed by atoms with van der Waals surface area (Å²) in [5.74, 6) is 0.876. The molecular formula is C17H26N2. The minimum atomic E-state index is 0.750. The molecule has 2 atom stereocenters. The Hall–Kier alpha value is -1.18. The normalized spacial score (nSPS) is 27.1. The van der Waals surface area contributed by atoms with Gasteiger partial charge in [-0.3, -0.25) is 0 Å². The third kappa shape index (κ3) is 2.45. The van der Waals surface area contributed by atoms with Gasteiger partial charge >= 0.3 is 0 Å². The van der Waals surface area contributed by atoms with Crippen molar-refractivity contribution in [3.8, 4) is 0 Å². The molecule has 0 radical (unpaired) electrons. The number of aryl methyl sites for hydroxylation is 1. The van der Waals surface area contributed by atoms with Gasteiger partial charge in [-0.2, -0.15) is 0 Å². The molecule has 0 amide bonds. The number of hydrogen-bond acceptors (Lipinski definition) is 2. The van der Waals surface area contributed by atoms with Crippen molar-refractivity contribution in [2.45, 2.75) is 57.9 Å². The number of benzene rings is 1. The SMILES string of the molecule is CCC1CCCCC1N1CCCc2ccc(N)cc21. The van der Waals surface area contributed by atoms with Crippen LogP contribution in [-0.2, 0) is 6.42 Å². The fraction of sp³-hybridized carbons (Fsp3) is 0.647. The molecule has 2 nitrogen and oxygen atoms in total. The van der Waals surface area contributed by atoms with Crippen LogP contribution in [0.1, 0.15) is 51.0 Å². The zero-order valence-corrected chi connectivity index (χ0v) is 12.1. The average Bonchev–Trinajstić information content (AvgIpc) is 2.46. The molecule has 2 heteroatoms. The van der Waals surface area contributed by atoms with Gasteiger partial charge in [0.05, 0.1) is 0 Å². The van der Waals surface area contributed by atoms with E-state index in [-0.39, 0.29) is 0 Å². The summed E-state index contributed by atoms with van der Waals surface area (Å²) in [5.41, 5.74) is 9.85. The lowest BCUT2D eigenvalue weighted by molar-refractivity contribution is 0.282. The summed E-state index contributed by atoms with van der Waals surface area (Å²) in [6, 6.07) is 7.25. The monoisotopic (exact) mass is 258 g/mol. The first-order valence-corrected chi connectivity index (χ1v) is 7.94. The van der Waals surface area contributed by atoms with Gasteiger partial charge in [0.15, 0.2) is 0 Å². The molecule has 1 fully saturated rings. The van der Waals surface area contributed by atoms with Crippen LogP contribution in [0.3, 0.4) is 0 Å². The first kappa shape index (κ1) is 12.8. The van der Waals surface area contributed by atoms with Crippen molar-refractivity contribution in [1.82, 2.24) is 0 Å². The fourth-order valence-electron chi connectivity index (χ4n) is 4.04. The van der Waals surface area contributed by atoms with Crippen LogP contribution in [0.5, 0.6) is 0 Å². The van der Waals surface area contributed by atoms with Gasteiger partial charge in [-0.15, -0.1) is 0 Å². The van der Waals surface area contributed by atoms with Crippen LogP contribution in [0, 0.1) is 5.92 Å². The maximum atomic E-state index is 6.01. The Kier molecular flexibility index (Phi) is 3.67. The van der Waals surface area contributed by atoms with Crippen LogP contribution in [0.15, 0.2) is 18.2 Å². The fourth-order valence-corrected chi connectivity index (χ4v) is 4.04. The second-order valence-electron chi connectivity index (χ2n) is 6.21. The minimum Gasteiger partial charge on any atom is -0.399 e. The third-order valence-corrected chi connectivity index (χ3v) is 5.06. The highest BCUT2D eigenvalue weighted by atomic mass is 15.2. The van der Waals surface area contributed by atoms with Crippen molar-refractivity contribution in [2.75, 3.05) is 17.2 Å². The van der Waals surface area contributed by atoms with Gasteiger partial charge in [0.25, 0.3) is 0 Å². The third-order valence-electron chi connectivity index (χ3n) is 5.06. The molecule has 19 heavy (non-hydrogen) atoms. The molecule has 2 N–H and O–H groups in total. The lowest BCUT2D eigenvalue weighted by Crippen LogP contribution is -2.45. The summed E-state index contributed by atoms with van der Waals surface area (Å²) >= 11 is 0. The molecule has 0 spiro atoms. The van der Waals surface area contributed by atoms with Gasteiger partial charge in [0.2, 0.25) is 0 Å². The molecule has 1 aliphatic carbocycles. The predicted molar refractivity (Wildman–Crippen MR) is 82.6 cm³/mol. The summed E-state index contributed by atoms with van der Waals surface area (Å²) in [6.45, 7) is 3.57. The van der Waals surface area contributed by atoms with Crippen LogP contribution in [0.25, 0.3) is 0 Å². The molecule has 0 saturated heterocycles. The largest absolute Gasteiger partial charge is 0.399 e. The highest BCUT2D eigenvalue weighted by Crippen LogP contribution is 2.37. The molecule has 3 rings (SSSR count). The van der Waals surface area contributed by atoms with E-state index >= 15 is 0 Å². The molecule has 1 heterocycles. The summed E-state index contributed by atoms with van der Waals surface area (Å²) < 4.78 is 0. The Morgan fingerprint density at radius 1 is 1.21 bits per heavy atom. The summed E-state index contributed by atoms with van der Waals surface area (Å²) in [7, 11) is 0. The first-order valence-electron chi connectivity index (χ1n) is 7.94. The van der Waals surface area contributed by atoms with E-state index in [1.807, 2.05) is 0 Å². The lowest BCUT2D eigenvalue weighted by Gasteiger charge is -2.44. The van der Waals surface area contributed by atoms with Gasteiger partial charge in [-0.1, -0.05) is 32.3 Å². The van der Waals surface area contributed by atoms with Crippen molar-refractivity contribution < 1.29 is 0 Å². The summed E-state index contributed by atoms with van der Waals surface area (Å²) in [5, 5.41) is 0. The van der Waals surface area contributed by atoms with E-state index in [0.717, 1.165) is 17.6 Å². The summed E-state index contributed by atoms with van der Waals surface area (Å²) in [6.07, 6.45) is 9.43. The van der Waals surface area contributed by atoms with Crippen molar-refractivity contribution in [3.05, 3.63) is 23.8 Å². The van der Waals surface area contributed by atoms with E-state index in [4.69, 9.17) is 5.73 Å². The Balaban J connectivity index is 1.91. The topological polar surface area (TPSA) is 29.3 Å². The molecule has 104 valence electrons. The van der Waals surface area contributed by atoms with Gasteiger partial charge in [0, 0.05) is 24.0 Å². The van der Waals surface area contributed by atoms with Crippen LogP contribution in [0.2, 0.25) is 0 Å². The molecule has 1 aromatic rings. The zero-order valence-electron chi connectivity index (χ0n) is 12.1. The molecule has 1 aliphatic heterocycles. The highest BCUT2D eigenvalue weighted by Gasteiger charge is 2.31. The minimum absolute atomic E-state index is 0.750. The smallest absolute Gasteiger partial charge is 0.0422 e. The Labute approximate surface area is 117 Å². The van der Waals surface area contributed by atoms with E-state index in [9.17, 15) is 0 Å². The molecule has 2 aliphatic rings. The summed E-state index contributed by atoms with van der Waals surface area (Å²) in [4.78, 5) is 2.68. The van der Waals surface area contributed by atoms with Crippen LogP contribution in [-0.4, -0.2) is 12.6 Å². The Bertz CT molecular complexity index is 441. The van der Waals surface area contributed by atoms with Gasteiger partial charge in [-0.05, 0) is 49.3 Å². The van der Waals surface area contributed by atoms with E-state index in [1.54, 1.807) is 0 Å². The van der Waals surface area contributed by atoms with Crippen molar-refractivity contribution in [1.29, 1.82) is 0 Å². The number of nitrogens with two attached hydrogens (primary N) is 1. The zero-order chi connectivity index (χ0) is 13.2. The quantitative estimate of drug-likeness (QED) is 0.813. The Morgan fingerprint density at radius 2 is 2.05 bits per heavy atom. The predicted octanol–water partition coefficient (Wildman–Crippen LogP) is 3.99. The lowest BCUT2D eigenvalue weighted by atomic mass is 9.81. The van der Waals surface area contributed by atoms with E-state index in [2.05, 4.69) is 30.0 Å². The molecule has 1 aromatic carbocycles. The molecular weight excluding hydrogens is 232 g/mol. The van der Waals surface area contributed by atoms with Crippen LogP contribution < -0.4 is 10.6 Å².